The van der Waals surface area contributed by atoms with Crippen molar-refractivity contribution < 1.29 is 14.3 Å². The molecule has 0 atom stereocenters. The average molecular weight is 430 g/mol. The van der Waals surface area contributed by atoms with Crippen LogP contribution in [0.25, 0.3) is 22.0 Å². The molecular weight excluding hydrogens is 410 g/mol. The number of methoxy groups -OCH3 is 1. The second-order valence-electron chi connectivity index (χ2n) is 6.72. The van der Waals surface area contributed by atoms with E-state index >= 15 is 0 Å². The zero-order chi connectivity index (χ0) is 21.6. The van der Waals surface area contributed by atoms with E-state index in [1.54, 1.807) is 24.3 Å². The van der Waals surface area contributed by atoms with E-state index in [4.69, 9.17) is 0 Å². The smallest absolute Gasteiger partial charge is 0.337 e. The first-order valence-electron chi connectivity index (χ1n) is 9.56. The number of fused-ring (bicyclic) bond motifs is 1. The average Bonchev–Trinajstić information content (AvgIpc) is 2.83. The van der Waals surface area contributed by atoms with Gasteiger partial charge in [0.05, 0.1) is 24.1 Å². The van der Waals surface area contributed by atoms with Gasteiger partial charge >= 0.3 is 5.97 Å². The van der Waals surface area contributed by atoms with Crippen molar-refractivity contribution in [2.75, 3.05) is 18.2 Å². The summed E-state index contributed by atoms with van der Waals surface area (Å²) in [5, 5.41) is 14.3. The Hall–Kier alpha value is -3.71. The van der Waals surface area contributed by atoms with Crippen LogP contribution in [0.15, 0.2) is 83.9 Å². The van der Waals surface area contributed by atoms with Crippen molar-refractivity contribution in [3.8, 4) is 11.3 Å². The third kappa shape index (κ3) is 5.07. The molecule has 31 heavy (non-hydrogen) atoms. The first-order chi connectivity index (χ1) is 15.1. The lowest BCUT2D eigenvalue weighted by Gasteiger charge is -2.06. The van der Waals surface area contributed by atoms with Gasteiger partial charge in [-0.3, -0.25) is 4.79 Å². The number of nitrogens with zero attached hydrogens (tertiary/aromatic N) is 2. The van der Waals surface area contributed by atoms with Crippen LogP contribution in [0.3, 0.4) is 0 Å². The minimum Gasteiger partial charge on any atom is -0.465 e. The Morgan fingerprint density at radius 1 is 0.903 bits per heavy atom. The van der Waals surface area contributed by atoms with E-state index in [0.29, 0.717) is 16.3 Å². The number of aromatic nitrogens is 2. The van der Waals surface area contributed by atoms with Crippen molar-refractivity contribution in [1.29, 1.82) is 0 Å². The van der Waals surface area contributed by atoms with Gasteiger partial charge in [-0.15, -0.1) is 10.2 Å². The number of hydrogen-bond donors (Lipinski definition) is 1. The first kappa shape index (κ1) is 20.6. The summed E-state index contributed by atoms with van der Waals surface area (Å²) in [6.07, 6.45) is 0. The van der Waals surface area contributed by atoms with Crippen LogP contribution in [-0.4, -0.2) is 34.9 Å². The van der Waals surface area contributed by atoms with Crippen LogP contribution in [0.4, 0.5) is 5.69 Å². The Kier molecular flexibility index (Phi) is 6.24. The summed E-state index contributed by atoms with van der Waals surface area (Å²) < 4.78 is 4.66. The number of rotatable bonds is 6. The topological polar surface area (TPSA) is 81.2 Å². The molecule has 0 radical (unpaired) electrons. The molecule has 4 aromatic rings. The number of thioether (sulfide) groups is 1. The molecule has 1 amide bonds. The minimum absolute atomic E-state index is 0.170. The van der Waals surface area contributed by atoms with Crippen molar-refractivity contribution in [2.24, 2.45) is 0 Å². The highest BCUT2D eigenvalue weighted by Gasteiger charge is 2.08. The molecule has 6 nitrogen and oxygen atoms in total. The fourth-order valence-electron chi connectivity index (χ4n) is 3.04. The zero-order valence-corrected chi connectivity index (χ0v) is 17.6. The highest BCUT2D eigenvalue weighted by atomic mass is 32.2. The fourth-order valence-corrected chi connectivity index (χ4v) is 3.66. The Bertz CT molecular complexity index is 1230. The summed E-state index contributed by atoms with van der Waals surface area (Å²) in [4.78, 5) is 23.7. The molecule has 0 saturated heterocycles. The van der Waals surface area contributed by atoms with Crippen molar-refractivity contribution in [2.45, 2.75) is 5.03 Å². The molecule has 1 heterocycles. The number of hydrogen-bond acceptors (Lipinski definition) is 6. The molecule has 0 spiro atoms. The molecule has 7 heteroatoms. The zero-order valence-electron chi connectivity index (χ0n) is 16.7. The van der Waals surface area contributed by atoms with Crippen LogP contribution in [0, 0.1) is 0 Å². The molecule has 0 fully saturated rings. The van der Waals surface area contributed by atoms with Gasteiger partial charge in [-0.25, -0.2) is 4.79 Å². The van der Waals surface area contributed by atoms with Gasteiger partial charge in [-0.1, -0.05) is 48.2 Å². The van der Waals surface area contributed by atoms with Crippen molar-refractivity contribution in [1.82, 2.24) is 10.2 Å². The number of anilines is 1. The quantitative estimate of drug-likeness (QED) is 0.350. The van der Waals surface area contributed by atoms with Crippen LogP contribution >= 0.6 is 11.8 Å². The number of carbonyl (C=O) groups is 2. The highest BCUT2D eigenvalue weighted by Crippen LogP contribution is 2.24. The lowest BCUT2D eigenvalue weighted by Crippen LogP contribution is -2.14. The maximum Gasteiger partial charge on any atom is 0.337 e. The van der Waals surface area contributed by atoms with Crippen molar-refractivity contribution >= 4 is 40.1 Å². The molecule has 1 N–H and O–H groups in total. The van der Waals surface area contributed by atoms with Gasteiger partial charge in [-0.2, -0.15) is 0 Å². The number of benzene rings is 3. The van der Waals surface area contributed by atoms with E-state index in [0.717, 1.165) is 16.6 Å². The van der Waals surface area contributed by atoms with Gasteiger partial charge in [-0.05, 0) is 53.2 Å². The second-order valence-corrected chi connectivity index (χ2v) is 7.72. The van der Waals surface area contributed by atoms with Gasteiger partial charge in [0.25, 0.3) is 0 Å². The summed E-state index contributed by atoms with van der Waals surface area (Å²) >= 11 is 1.31. The highest BCUT2D eigenvalue weighted by molar-refractivity contribution is 7.99. The number of nitrogens with one attached hydrogen (secondary N) is 1. The van der Waals surface area contributed by atoms with Gasteiger partial charge in [0.15, 0.2) is 0 Å². The molecule has 0 unspecified atom stereocenters. The number of ether oxygens (including phenoxy) is 1. The van der Waals surface area contributed by atoms with E-state index in [-0.39, 0.29) is 11.7 Å². The Morgan fingerprint density at radius 3 is 2.39 bits per heavy atom. The Labute approximate surface area is 183 Å². The lowest BCUT2D eigenvalue weighted by molar-refractivity contribution is -0.113. The van der Waals surface area contributed by atoms with Gasteiger partial charge in [0.1, 0.15) is 5.03 Å². The lowest BCUT2D eigenvalue weighted by atomic mass is 10.1. The standard InChI is InChI=1S/C24H19N3O3S/c1-30-24(29)17-8-10-20(11-9-17)25-22(28)15-31-23-13-12-21(26-27-23)19-7-6-16-4-2-3-5-18(16)14-19/h2-14H,15H2,1H3,(H,25,28). The maximum absolute atomic E-state index is 12.2. The van der Waals surface area contributed by atoms with Crippen molar-refractivity contribution in [3.63, 3.8) is 0 Å². The van der Waals surface area contributed by atoms with Gasteiger partial charge < -0.3 is 10.1 Å². The second kappa shape index (κ2) is 9.40. The number of amides is 1. The Morgan fingerprint density at radius 2 is 1.68 bits per heavy atom. The minimum atomic E-state index is -0.417. The van der Waals surface area contributed by atoms with Gasteiger partial charge in [0, 0.05) is 11.3 Å². The third-order valence-electron chi connectivity index (χ3n) is 4.63. The van der Waals surface area contributed by atoms with Crippen LogP contribution in [0.5, 0.6) is 0 Å². The summed E-state index contributed by atoms with van der Waals surface area (Å²) in [5.74, 6) is -0.390. The number of esters is 1. The molecule has 4 rings (SSSR count). The molecule has 0 aliphatic carbocycles. The SMILES string of the molecule is COC(=O)c1ccc(NC(=O)CSc2ccc(-c3ccc4ccccc4c3)nn2)cc1. The van der Waals surface area contributed by atoms with E-state index in [1.165, 1.54) is 24.3 Å². The van der Waals surface area contributed by atoms with Crippen LogP contribution in [0.1, 0.15) is 10.4 Å². The van der Waals surface area contributed by atoms with E-state index in [9.17, 15) is 9.59 Å². The maximum atomic E-state index is 12.2. The predicted octanol–water partition coefficient (Wildman–Crippen LogP) is 4.81. The molecule has 0 saturated carbocycles. The normalized spacial score (nSPS) is 10.6. The van der Waals surface area contributed by atoms with E-state index in [2.05, 4.69) is 44.5 Å². The predicted molar refractivity (Wildman–Crippen MR) is 122 cm³/mol. The van der Waals surface area contributed by atoms with Crippen LogP contribution in [0.2, 0.25) is 0 Å². The molecule has 3 aromatic carbocycles. The van der Waals surface area contributed by atoms with Crippen LogP contribution < -0.4 is 5.32 Å². The summed E-state index contributed by atoms with van der Waals surface area (Å²) in [6, 6.07) is 24.6. The molecule has 0 aliphatic rings. The van der Waals surface area contributed by atoms with E-state index in [1.807, 2.05) is 30.3 Å². The molecule has 154 valence electrons. The van der Waals surface area contributed by atoms with Gasteiger partial charge in [0.2, 0.25) is 5.91 Å². The summed E-state index contributed by atoms with van der Waals surface area (Å²) in [5.41, 5.74) is 2.81. The first-order valence-corrected chi connectivity index (χ1v) is 10.5. The monoisotopic (exact) mass is 429 g/mol. The van der Waals surface area contributed by atoms with Crippen molar-refractivity contribution in [3.05, 3.63) is 84.4 Å². The third-order valence-corrected chi connectivity index (χ3v) is 5.55. The van der Waals surface area contributed by atoms with Crippen LogP contribution in [-0.2, 0) is 9.53 Å². The molecule has 0 aliphatic heterocycles. The largest absolute Gasteiger partial charge is 0.465 e. The molecule has 0 bridgehead atoms. The fraction of sp³-hybridized carbons (Fsp3) is 0.0833. The summed E-state index contributed by atoms with van der Waals surface area (Å²) in [6.45, 7) is 0. The molecular formula is C24H19N3O3S. The summed E-state index contributed by atoms with van der Waals surface area (Å²) in [7, 11) is 1.33. The number of carbonyl (C=O) groups excluding carboxylic acids is 2. The van der Waals surface area contributed by atoms with E-state index < -0.39 is 5.97 Å². The Balaban J connectivity index is 1.34. The molecule has 1 aromatic heterocycles.